The van der Waals surface area contributed by atoms with Gasteiger partial charge in [-0.3, -0.25) is 9.59 Å². The Morgan fingerprint density at radius 3 is 1.52 bits per heavy atom. The van der Waals surface area contributed by atoms with Crippen LogP contribution in [0.1, 0.15) is 136 Å². The molecular formula is C29H52O4. The topological polar surface area (TPSA) is 52.6 Å². The highest BCUT2D eigenvalue weighted by molar-refractivity contribution is 5.82. The molecule has 0 fully saturated rings. The maximum absolute atomic E-state index is 12.7. The van der Waals surface area contributed by atoms with Crippen molar-refractivity contribution in [2.75, 3.05) is 13.2 Å². The predicted octanol–water partition coefficient (Wildman–Crippen LogP) is 8.33. The summed E-state index contributed by atoms with van der Waals surface area (Å²) < 4.78 is 11.2. The van der Waals surface area contributed by atoms with E-state index in [2.05, 4.69) is 19.9 Å². The van der Waals surface area contributed by atoms with Crippen molar-refractivity contribution in [3.63, 3.8) is 0 Å². The van der Waals surface area contributed by atoms with Crippen molar-refractivity contribution >= 4 is 11.9 Å². The van der Waals surface area contributed by atoms with Gasteiger partial charge in [0, 0.05) is 0 Å². The van der Waals surface area contributed by atoms with Gasteiger partial charge in [0.1, 0.15) is 0 Å². The molecule has 0 aromatic rings. The van der Waals surface area contributed by atoms with Gasteiger partial charge in [0.2, 0.25) is 0 Å². The number of allylic oxidation sites excluding steroid dienone is 2. The van der Waals surface area contributed by atoms with Crippen molar-refractivity contribution in [3.05, 3.63) is 12.2 Å². The van der Waals surface area contributed by atoms with Gasteiger partial charge in [-0.25, -0.2) is 0 Å². The lowest BCUT2D eigenvalue weighted by Crippen LogP contribution is -2.32. The van der Waals surface area contributed by atoms with Gasteiger partial charge >= 0.3 is 11.9 Å². The van der Waals surface area contributed by atoms with Crippen LogP contribution in [0.25, 0.3) is 0 Å². The molecule has 1 aliphatic carbocycles. The van der Waals surface area contributed by atoms with Crippen LogP contribution < -0.4 is 0 Å². The summed E-state index contributed by atoms with van der Waals surface area (Å²) in [6, 6.07) is 0. The fraction of sp³-hybridized carbons (Fsp3) is 0.862. The minimum Gasteiger partial charge on any atom is -0.465 e. The Balaban J connectivity index is 2.23. The summed E-state index contributed by atoms with van der Waals surface area (Å²) >= 11 is 0. The Labute approximate surface area is 204 Å². The molecule has 1 rings (SSSR count). The number of carbonyl (C=O) groups excluding carboxylic acids is 2. The number of carbonyl (C=O) groups is 2. The Hall–Kier alpha value is -1.32. The highest BCUT2D eigenvalue weighted by Crippen LogP contribution is 2.28. The molecule has 4 nitrogen and oxygen atoms in total. The predicted molar refractivity (Wildman–Crippen MR) is 137 cm³/mol. The van der Waals surface area contributed by atoms with Crippen molar-refractivity contribution < 1.29 is 19.1 Å². The Morgan fingerprint density at radius 2 is 1.03 bits per heavy atom. The number of esters is 2. The summed E-state index contributed by atoms with van der Waals surface area (Å²) in [4.78, 5) is 25.5. The molecule has 4 heteroatoms. The van der Waals surface area contributed by atoms with Gasteiger partial charge < -0.3 is 9.47 Å². The van der Waals surface area contributed by atoms with E-state index in [9.17, 15) is 9.59 Å². The first-order chi connectivity index (χ1) is 16.2. The summed E-state index contributed by atoms with van der Waals surface area (Å²) in [5.41, 5.74) is 0. The van der Waals surface area contributed by atoms with E-state index < -0.39 is 5.92 Å². The van der Waals surface area contributed by atoms with Crippen molar-refractivity contribution in [2.45, 2.75) is 136 Å². The normalized spacial score (nSPS) is 18.1. The van der Waals surface area contributed by atoms with E-state index in [1.807, 2.05) is 6.08 Å². The van der Waals surface area contributed by atoms with Crippen molar-refractivity contribution in [1.82, 2.24) is 0 Å². The summed E-state index contributed by atoms with van der Waals surface area (Å²) in [6.07, 6.45) is 25.7. The molecule has 1 aliphatic rings. The molecule has 0 radical (unpaired) electrons. The smallest absolute Gasteiger partial charge is 0.310 e. The van der Waals surface area contributed by atoms with Crippen LogP contribution in [0.4, 0.5) is 0 Å². The second-order valence-electron chi connectivity index (χ2n) is 9.78. The van der Waals surface area contributed by atoms with E-state index in [0.717, 1.165) is 32.1 Å². The zero-order valence-electron chi connectivity index (χ0n) is 21.8. The molecule has 0 aliphatic heterocycles. The van der Waals surface area contributed by atoms with Crippen molar-refractivity contribution in [3.8, 4) is 0 Å². The summed E-state index contributed by atoms with van der Waals surface area (Å²) in [5.74, 6) is -1.21. The number of rotatable bonds is 20. The number of hydrogen-bond donors (Lipinski definition) is 0. The van der Waals surface area contributed by atoms with Crippen LogP contribution in [-0.4, -0.2) is 25.2 Å². The number of hydrogen-bond acceptors (Lipinski definition) is 4. The Morgan fingerprint density at radius 1 is 0.606 bits per heavy atom. The lowest BCUT2D eigenvalue weighted by atomic mass is 9.88. The van der Waals surface area contributed by atoms with Crippen LogP contribution in [0, 0.1) is 11.8 Å². The second kappa shape index (κ2) is 21.2. The van der Waals surface area contributed by atoms with E-state index >= 15 is 0 Å². The van der Waals surface area contributed by atoms with Gasteiger partial charge in [0.05, 0.1) is 25.0 Å². The van der Waals surface area contributed by atoms with Gasteiger partial charge in [-0.05, 0) is 32.1 Å². The average molecular weight is 465 g/mol. The van der Waals surface area contributed by atoms with Crippen LogP contribution in [0.5, 0.6) is 0 Å². The molecule has 192 valence electrons. The molecule has 0 saturated carbocycles. The minimum absolute atomic E-state index is 0.212. The summed E-state index contributed by atoms with van der Waals surface area (Å²) in [7, 11) is 0. The summed E-state index contributed by atoms with van der Waals surface area (Å²) in [5, 5.41) is 0. The zero-order valence-corrected chi connectivity index (χ0v) is 21.8. The van der Waals surface area contributed by atoms with Gasteiger partial charge in [-0.2, -0.15) is 0 Å². The average Bonchev–Trinajstić information content (AvgIpc) is 3.08. The molecule has 0 aromatic heterocycles. The second-order valence-corrected chi connectivity index (χ2v) is 9.78. The molecule has 0 spiro atoms. The first-order valence-corrected chi connectivity index (χ1v) is 14.2. The van der Waals surface area contributed by atoms with E-state index in [1.165, 1.54) is 77.0 Å². The van der Waals surface area contributed by atoms with Gasteiger partial charge in [0.25, 0.3) is 0 Å². The third-order valence-electron chi connectivity index (χ3n) is 6.78. The van der Waals surface area contributed by atoms with Crippen molar-refractivity contribution in [1.29, 1.82) is 0 Å². The lowest BCUT2D eigenvalue weighted by molar-refractivity contribution is -0.161. The first kappa shape index (κ1) is 29.7. The molecule has 0 bridgehead atoms. The van der Waals surface area contributed by atoms with Crippen LogP contribution in [0.2, 0.25) is 0 Å². The van der Waals surface area contributed by atoms with Crippen LogP contribution in [0.15, 0.2) is 12.2 Å². The highest BCUT2D eigenvalue weighted by Gasteiger charge is 2.35. The molecule has 2 atom stereocenters. The molecule has 0 saturated heterocycles. The number of unbranched alkanes of at least 4 members (excludes halogenated alkanes) is 14. The van der Waals surface area contributed by atoms with Crippen LogP contribution >= 0.6 is 0 Å². The molecule has 0 amide bonds. The van der Waals surface area contributed by atoms with Crippen LogP contribution in [0.3, 0.4) is 0 Å². The Bertz CT molecular complexity index is 514. The molecule has 0 heterocycles. The molecular weight excluding hydrogens is 412 g/mol. The fourth-order valence-corrected chi connectivity index (χ4v) is 4.58. The first-order valence-electron chi connectivity index (χ1n) is 14.2. The van der Waals surface area contributed by atoms with Crippen LogP contribution in [-0.2, 0) is 19.1 Å². The zero-order chi connectivity index (χ0) is 24.0. The minimum atomic E-state index is -0.399. The highest BCUT2D eigenvalue weighted by atomic mass is 16.5. The van der Waals surface area contributed by atoms with Gasteiger partial charge in [0.15, 0.2) is 0 Å². The third-order valence-corrected chi connectivity index (χ3v) is 6.78. The van der Waals surface area contributed by atoms with E-state index in [0.29, 0.717) is 26.1 Å². The molecule has 0 N–H and O–H groups in total. The van der Waals surface area contributed by atoms with E-state index in [1.54, 1.807) is 0 Å². The molecule has 33 heavy (non-hydrogen) atoms. The SMILES string of the molecule is CCCCCCCCCCOC(=O)C1CC=CCCC1C(=O)OCCCCCCCCCC. The monoisotopic (exact) mass is 464 g/mol. The molecule has 2 unspecified atom stereocenters. The third kappa shape index (κ3) is 15.2. The van der Waals surface area contributed by atoms with Gasteiger partial charge in [-0.1, -0.05) is 116 Å². The number of ether oxygens (including phenoxy) is 2. The lowest BCUT2D eigenvalue weighted by Gasteiger charge is -2.22. The largest absolute Gasteiger partial charge is 0.465 e. The maximum Gasteiger partial charge on any atom is 0.310 e. The fourth-order valence-electron chi connectivity index (χ4n) is 4.58. The Kier molecular flexibility index (Phi) is 19.1. The summed E-state index contributed by atoms with van der Waals surface area (Å²) in [6.45, 7) is 5.41. The van der Waals surface area contributed by atoms with E-state index in [4.69, 9.17) is 9.47 Å². The standard InChI is InChI=1S/C29H52O4/c1-3-5-7-9-11-13-15-20-24-32-28(30)26-22-18-17-19-23-27(26)29(31)33-25-21-16-14-12-10-8-6-4-2/h17-18,26-27H,3-16,19-25H2,1-2H3. The van der Waals surface area contributed by atoms with E-state index in [-0.39, 0.29) is 17.9 Å². The van der Waals surface area contributed by atoms with Gasteiger partial charge in [-0.15, -0.1) is 0 Å². The molecule has 0 aromatic carbocycles. The van der Waals surface area contributed by atoms with Crippen molar-refractivity contribution in [2.24, 2.45) is 11.8 Å². The quantitative estimate of drug-likeness (QED) is 0.103. The maximum atomic E-state index is 12.7.